The summed E-state index contributed by atoms with van der Waals surface area (Å²) in [5.41, 5.74) is 9.49. The third kappa shape index (κ3) is 6.75. The van der Waals surface area contributed by atoms with E-state index in [1.807, 2.05) is 97.9 Å². The second-order valence-electron chi connectivity index (χ2n) is 15.9. The molecule has 0 fully saturated rings. The number of thiophene rings is 2. The molecule has 0 radical (unpaired) electrons. The maximum absolute atomic E-state index is 14.4. The third-order valence-corrected chi connectivity index (χ3v) is 14.5. The molecule has 0 amide bonds. The summed E-state index contributed by atoms with van der Waals surface area (Å²) in [5.74, 6) is 0. The number of aromatic nitrogens is 4. The van der Waals surface area contributed by atoms with Gasteiger partial charge in [0.2, 0.25) is 0 Å². The number of alkyl halides is 3. The van der Waals surface area contributed by atoms with Gasteiger partial charge in [0.15, 0.2) is 0 Å². The van der Waals surface area contributed by atoms with E-state index in [-0.39, 0.29) is 0 Å². The first-order chi connectivity index (χ1) is 32.3. The number of benzene rings is 8. The van der Waals surface area contributed by atoms with Crippen molar-refractivity contribution >= 4 is 122 Å². The van der Waals surface area contributed by atoms with Crippen molar-refractivity contribution in [2.24, 2.45) is 0 Å². The summed E-state index contributed by atoms with van der Waals surface area (Å²) < 4.78 is 53.1. The lowest BCUT2D eigenvalue weighted by atomic mass is 9.95. The molecule has 0 spiro atoms. The lowest BCUT2D eigenvalue weighted by Crippen LogP contribution is -2.07. The molecule has 6 nitrogen and oxygen atoms in total. The van der Waals surface area contributed by atoms with Crippen molar-refractivity contribution in [2.75, 3.05) is 9.80 Å². The molecule has 0 atom stereocenters. The van der Waals surface area contributed by atoms with Crippen LogP contribution in [0.3, 0.4) is 0 Å². The zero-order valence-corrected chi connectivity index (χ0v) is 37.3. The number of para-hydroxylation sites is 4. The highest BCUT2D eigenvalue weighted by Crippen LogP contribution is 2.51. The van der Waals surface area contributed by atoms with E-state index >= 15 is 0 Å². The first kappa shape index (κ1) is 40.0. The predicted molar refractivity (Wildman–Crippen MR) is 269 cm³/mol. The SMILES string of the molecule is Cc1ccc2c(c1)c1cc(C(F)(F)F)ccc1c1nc3c(-c4ccc(N(c5ccccc5)c5ccccc5)s4)c4nsnc4c(-c4ccc(N(c5ccccc5)c5ccccc5)s4)c3nc21. The highest BCUT2D eigenvalue weighted by molar-refractivity contribution is 7.20. The number of fused-ring (bicyclic) bond motifs is 8. The second-order valence-corrected chi connectivity index (χ2v) is 18.6. The lowest BCUT2D eigenvalue weighted by molar-refractivity contribution is -0.137. The molecule has 0 aliphatic carbocycles. The van der Waals surface area contributed by atoms with Gasteiger partial charge >= 0.3 is 6.18 Å². The summed E-state index contributed by atoms with van der Waals surface area (Å²) in [4.78, 5) is 17.4. The van der Waals surface area contributed by atoms with Crippen LogP contribution in [-0.2, 0) is 6.18 Å². The molecule has 4 aromatic heterocycles. The first-order valence-electron chi connectivity index (χ1n) is 21.1. The average molecular weight is 919 g/mol. The van der Waals surface area contributed by atoms with E-state index in [4.69, 9.17) is 18.7 Å². The minimum atomic E-state index is -4.53. The summed E-state index contributed by atoms with van der Waals surface area (Å²) in [7, 11) is 0. The molecule has 0 aliphatic heterocycles. The van der Waals surface area contributed by atoms with Gasteiger partial charge in [-0.3, -0.25) is 0 Å². The number of aryl methyl sites for hydroxylation is 1. The molecule has 12 rings (SSSR count). The van der Waals surface area contributed by atoms with Gasteiger partial charge in [-0.15, -0.1) is 22.7 Å². The second kappa shape index (κ2) is 15.9. The smallest absolute Gasteiger partial charge is 0.302 e. The Labute approximate surface area is 388 Å². The Hall–Kier alpha value is -7.51. The van der Waals surface area contributed by atoms with Crippen molar-refractivity contribution in [3.05, 3.63) is 193 Å². The van der Waals surface area contributed by atoms with Crippen LogP contribution in [0.15, 0.2) is 182 Å². The predicted octanol–water partition coefficient (Wildman–Crippen LogP) is 16.8. The average Bonchev–Trinajstić information content (AvgIpc) is 4.15. The van der Waals surface area contributed by atoms with E-state index in [1.165, 1.54) is 6.07 Å². The molecule has 66 heavy (non-hydrogen) atoms. The number of nitrogens with zero attached hydrogens (tertiary/aromatic N) is 6. The monoisotopic (exact) mass is 918 g/mol. The third-order valence-electron chi connectivity index (χ3n) is 11.8. The fourth-order valence-electron chi connectivity index (χ4n) is 8.88. The summed E-state index contributed by atoms with van der Waals surface area (Å²) in [6.45, 7) is 1.94. The van der Waals surface area contributed by atoms with Gasteiger partial charge in [-0.25, -0.2) is 9.97 Å². The minimum Gasteiger partial charge on any atom is -0.302 e. The molecule has 0 bridgehead atoms. The number of hydrogen-bond acceptors (Lipinski definition) is 9. The van der Waals surface area contributed by atoms with Crippen molar-refractivity contribution in [2.45, 2.75) is 13.1 Å². The minimum absolute atomic E-state index is 0.465. The fraction of sp³-hybridized carbons (Fsp3) is 0.0370. The Morgan fingerprint density at radius 1 is 0.409 bits per heavy atom. The van der Waals surface area contributed by atoms with Crippen LogP contribution < -0.4 is 9.80 Å². The molecule has 318 valence electrons. The van der Waals surface area contributed by atoms with Crippen molar-refractivity contribution < 1.29 is 13.2 Å². The molecular formula is C54H33F3N6S3. The topological polar surface area (TPSA) is 58.0 Å². The van der Waals surface area contributed by atoms with Crippen LogP contribution in [0.4, 0.5) is 45.9 Å². The first-order valence-corrected chi connectivity index (χ1v) is 23.5. The zero-order valence-electron chi connectivity index (χ0n) is 34.9. The Bertz CT molecular complexity index is 3700. The van der Waals surface area contributed by atoms with Gasteiger partial charge in [0, 0.05) is 54.4 Å². The van der Waals surface area contributed by atoms with E-state index in [0.29, 0.717) is 54.6 Å². The molecule has 0 N–H and O–H groups in total. The number of anilines is 6. The van der Waals surface area contributed by atoms with Crippen LogP contribution in [0, 0.1) is 6.92 Å². The van der Waals surface area contributed by atoms with E-state index in [1.54, 1.807) is 28.7 Å². The Kier molecular flexibility index (Phi) is 9.63. The molecule has 8 aromatic carbocycles. The van der Waals surface area contributed by atoms with Crippen LogP contribution in [0.25, 0.3) is 75.5 Å². The van der Waals surface area contributed by atoms with Gasteiger partial charge in [0.05, 0.1) is 28.3 Å². The molecular weight excluding hydrogens is 886 g/mol. The van der Waals surface area contributed by atoms with Crippen LogP contribution in [0.2, 0.25) is 0 Å². The van der Waals surface area contributed by atoms with Gasteiger partial charge in [-0.2, -0.15) is 21.9 Å². The highest BCUT2D eigenvalue weighted by Gasteiger charge is 2.32. The van der Waals surface area contributed by atoms with Crippen LogP contribution in [0.5, 0.6) is 0 Å². The lowest BCUT2D eigenvalue weighted by Gasteiger charge is -2.23. The highest BCUT2D eigenvalue weighted by atomic mass is 32.1. The number of rotatable bonds is 8. The standard InChI is InChI=1S/C54H33F3N6S3/c1-32-22-24-38-40(30-32)41-31-33(54(55,56)57)23-25-39(41)49-48(38)58-50-46(42-26-28-44(64-42)62(34-14-6-2-7-15-34)35-16-8-3-9-17-35)52-53(61-66-60-52)47(51(50)59-49)43-27-29-45(65-43)63(36-18-10-4-11-19-36)37-20-12-5-13-21-37/h2-31H,1H3. The Morgan fingerprint density at radius 2 is 0.818 bits per heavy atom. The molecule has 4 heterocycles. The van der Waals surface area contributed by atoms with Gasteiger partial charge in [0.1, 0.15) is 32.1 Å². The molecule has 0 aliphatic rings. The zero-order chi connectivity index (χ0) is 44.5. The molecule has 12 aromatic rings. The Balaban J connectivity index is 1.16. The molecule has 0 saturated heterocycles. The van der Waals surface area contributed by atoms with E-state index in [2.05, 4.69) is 82.6 Å². The number of hydrogen-bond donors (Lipinski definition) is 0. The summed E-state index contributed by atoms with van der Waals surface area (Å²) >= 11 is 4.37. The molecule has 0 saturated carbocycles. The maximum atomic E-state index is 14.4. The van der Waals surface area contributed by atoms with E-state index < -0.39 is 11.7 Å². The van der Waals surface area contributed by atoms with Crippen molar-refractivity contribution in [1.82, 2.24) is 18.7 Å². The Morgan fingerprint density at radius 3 is 1.24 bits per heavy atom. The van der Waals surface area contributed by atoms with Gasteiger partial charge in [-0.1, -0.05) is 103 Å². The van der Waals surface area contributed by atoms with Crippen molar-refractivity contribution in [3.63, 3.8) is 0 Å². The van der Waals surface area contributed by atoms with Crippen molar-refractivity contribution in [1.29, 1.82) is 0 Å². The van der Waals surface area contributed by atoms with Gasteiger partial charge < -0.3 is 9.80 Å². The molecule has 12 heteroatoms. The fourth-order valence-corrected chi connectivity index (χ4v) is 11.6. The van der Waals surface area contributed by atoms with Gasteiger partial charge in [-0.05, 0) is 103 Å². The summed E-state index contributed by atoms with van der Waals surface area (Å²) in [6.07, 6.45) is -4.53. The number of halogens is 3. The van der Waals surface area contributed by atoms with E-state index in [0.717, 1.165) is 77.0 Å². The largest absolute Gasteiger partial charge is 0.416 e. The quantitative estimate of drug-likeness (QED) is 0.112. The maximum Gasteiger partial charge on any atom is 0.416 e. The normalized spacial score (nSPS) is 11.9. The molecule has 0 unspecified atom stereocenters. The van der Waals surface area contributed by atoms with Crippen molar-refractivity contribution in [3.8, 4) is 20.9 Å². The van der Waals surface area contributed by atoms with Gasteiger partial charge in [0.25, 0.3) is 0 Å². The van der Waals surface area contributed by atoms with Crippen LogP contribution >= 0.6 is 34.4 Å². The van der Waals surface area contributed by atoms with Crippen LogP contribution in [0.1, 0.15) is 11.1 Å². The summed E-state index contributed by atoms with van der Waals surface area (Å²) in [6, 6.07) is 59.2. The van der Waals surface area contributed by atoms with Crippen LogP contribution in [-0.4, -0.2) is 18.7 Å². The summed E-state index contributed by atoms with van der Waals surface area (Å²) in [5, 5.41) is 4.41. The van der Waals surface area contributed by atoms with E-state index in [9.17, 15) is 13.2 Å².